The zero-order valence-corrected chi connectivity index (χ0v) is 16.3. The molecule has 4 aliphatic rings. The third-order valence-corrected chi connectivity index (χ3v) is 9.11. The minimum Gasteiger partial charge on any atom is -0.393 e. The molecule has 0 aromatic heterocycles. The Balaban J connectivity index is 1.70. The van der Waals surface area contributed by atoms with Crippen LogP contribution in [-0.4, -0.2) is 29.7 Å². The number of ether oxygens (including phenoxy) is 1. The molecule has 4 aliphatic carbocycles. The highest BCUT2D eigenvalue weighted by molar-refractivity contribution is 5.86. The topological polar surface area (TPSA) is 46.5 Å². The molecule has 4 unspecified atom stereocenters. The van der Waals surface area contributed by atoms with Crippen molar-refractivity contribution >= 4 is 5.78 Å². The molecule has 3 nitrogen and oxygen atoms in total. The molecule has 0 radical (unpaired) electrons. The number of allylic oxidation sites excluding steroid dienone is 1. The molecule has 3 fully saturated rings. The van der Waals surface area contributed by atoms with E-state index in [1.807, 2.05) is 0 Å². The number of hydrogen-bond acceptors (Lipinski definition) is 3. The van der Waals surface area contributed by atoms with Gasteiger partial charge in [0.1, 0.15) is 5.60 Å². The van der Waals surface area contributed by atoms with Gasteiger partial charge in [0.25, 0.3) is 0 Å². The molecule has 3 heteroatoms. The maximum absolute atomic E-state index is 12.6. The lowest BCUT2D eigenvalue weighted by Crippen LogP contribution is -2.57. The van der Waals surface area contributed by atoms with E-state index in [1.54, 1.807) is 14.0 Å². The minimum atomic E-state index is -0.573. The molecule has 4 rings (SSSR count). The Morgan fingerprint density at radius 2 is 1.88 bits per heavy atom. The predicted molar refractivity (Wildman–Crippen MR) is 98.1 cm³/mol. The van der Waals surface area contributed by atoms with Crippen LogP contribution in [0.4, 0.5) is 0 Å². The van der Waals surface area contributed by atoms with E-state index in [4.69, 9.17) is 4.74 Å². The Hall–Kier alpha value is -0.670. The molecule has 0 aliphatic heterocycles. The molecule has 0 aromatic carbocycles. The second kappa shape index (κ2) is 5.66. The lowest BCUT2D eigenvalue weighted by atomic mass is 9.46. The molecule has 25 heavy (non-hydrogen) atoms. The molecular formula is C22H34O3. The lowest BCUT2D eigenvalue weighted by Gasteiger charge is -2.59. The van der Waals surface area contributed by atoms with Crippen molar-refractivity contribution in [3.63, 3.8) is 0 Å². The van der Waals surface area contributed by atoms with E-state index in [0.717, 1.165) is 44.9 Å². The monoisotopic (exact) mass is 346 g/mol. The van der Waals surface area contributed by atoms with Crippen LogP contribution in [0.5, 0.6) is 0 Å². The van der Waals surface area contributed by atoms with Crippen LogP contribution >= 0.6 is 0 Å². The number of aliphatic hydroxyl groups is 1. The van der Waals surface area contributed by atoms with Crippen LogP contribution in [0.25, 0.3) is 0 Å². The standard InChI is InChI=1S/C22H34O3/c1-14(23)22(25-4)12-9-19-17-6-5-15-13-16(24)7-10-20(15,2)18(17)8-11-21(19,22)3/h5,16-19,24H,6-13H2,1-4H3/t16?,17?,18?,19?,20-,21-,22+/m0/s1. The first kappa shape index (κ1) is 17.7. The quantitative estimate of drug-likeness (QED) is 0.759. The first-order valence-electron chi connectivity index (χ1n) is 10.2. The molecule has 7 atom stereocenters. The van der Waals surface area contributed by atoms with Crippen molar-refractivity contribution in [3.05, 3.63) is 11.6 Å². The predicted octanol–water partition coefficient (Wildman–Crippen LogP) is 4.28. The Bertz CT molecular complexity index is 610. The summed E-state index contributed by atoms with van der Waals surface area (Å²) in [6.45, 7) is 6.51. The van der Waals surface area contributed by atoms with Gasteiger partial charge in [0.05, 0.1) is 6.10 Å². The van der Waals surface area contributed by atoms with Crippen molar-refractivity contribution in [2.75, 3.05) is 7.11 Å². The van der Waals surface area contributed by atoms with E-state index in [0.29, 0.717) is 17.8 Å². The summed E-state index contributed by atoms with van der Waals surface area (Å²) in [6, 6.07) is 0. The maximum atomic E-state index is 12.6. The summed E-state index contributed by atoms with van der Waals surface area (Å²) in [4.78, 5) is 12.6. The first-order chi connectivity index (χ1) is 11.8. The zero-order valence-electron chi connectivity index (χ0n) is 16.3. The fourth-order valence-corrected chi connectivity index (χ4v) is 7.70. The van der Waals surface area contributed by atoms with E-state index in [-0.39, 0.29) is 22.7 Å². The average molecular weight is 347 g/mol. The molecule has 3 saturated carbocycles. The van der Waals surface area contributed by atoms with E-state index in [2.05, 4.69) is 19.9 Å². The van der Waals surface area contributed by atoms with Crippen molar-refractivity contribution in [2.24, 2.45) is 28.6 Å². The van der Waals surface area contributed by atoms with Crippen LogP contribution in [0.3, 0.4) is 0 Å². The maximum Gasteiger partial charge on any atom is 0.162 e. The van der Waals surface area contributed by atoms with Gasteiger partial charge in [-0.15, -0.1) is 0 Å². The smallest absolute Gasteiger partial charge is 0.162 e. The molecule has 140 valence electrons. The summed E-state index contributed by atoms with van der Waals surface area (Å²) in [5.74, 6) is 2.17. The molecule has 1 N–H and O–H groups in total. The minimum absolute atomic E-state index is 0.0232. The number of carbonyl (C=O) groups excluding carboxylic acids is 1. The van der Waals surface area contributed by atoms with Gasteiger partial charge in [0.15, 0.2) is 5.78 Å². The summed E-state index contributed by atoms with van der Waals surface area (Å²) < 4.78 is 5.96. The molecule has 0 saturated heterocycles. The Kier molecular flexibility index (Phi) is 4.01. The highest BCUT2D eigenvalue weighted by Crippen LogP contribution is 2.67. The van der Waals surface area contributed by atoms with Crippen LogP contribution < -0.4 is 0 Å². The van der Waals surface area contributed by atoms with Gasteiger partial charge in [0, 0.05) is 12.5 Å². The fraction of sp³-hybridized carbons (Fsp3) is 0.864. The van der Waals surface area contributed by atoms with Gasteiger partial charge in [-0.25, -0.2) is 0 Å². The normalized spacial score (nSPS) is 52.0. The van der Waals surface area contributed by atoms with Crippen LogP contribution in [0, 0.1) is 28.6 Å². The second-order valence-electron chi connectivity index (χ2n) is 9.74. The van der Waals surface area contributed by atoms with E-state index >= 15 is 0 Å². The van der Waals surface area contributed by atoms with Crippen LogP contribution in [-0.2, 0) is 9.53 Å². The van der Waals surface area contributed by atoms with Gasteiger partial charge in [-0.2, -0.15) is 0 Å². The Morgan fingerprint density at radius 1 is 1.16 bits per heavy atom. The van der Waals surface area contributed by atoms with Gasteiger partial charge in [-0.1, -0.05) is 25.5 Å². The first-order valence-corrected chi connectivity index (χ1v) is 10.2. The third-order valence-electron chi connectivity index (χ3n) is 9.11. The summed E-state index contributed by atoms with van der Waals surface area (Å²) >= 11 is 0. The largest absolute Gasteiger partial charge is 0.393 e. The molecule has 0 bridgehead atoms. The van der Waals surface area contributed by atoms with Crippen molar-refractivity contribution in [1.29, 1.82) is 0 Å². The van der Waals surface area contributed by atoms with Gasteiger partial charge in [-0.05, 0) is 81.5 Å². The average Bonchev–Trinajstić information content (AvgIpc) is 2.89. The van der Waals surface area contributed by atoms with Gasteiger partial charge >= 0.3 is 0 Å². The SMILES string of the molecule is CO[C@@]1(C(C)=O)CCC2C3CC=C4CC(O)CC[C@]4(C)C3CC[C@@]21C. The Labute approximate surface area is 152 Å². The van der Waals surface area contributed by atoms with Gasteiger partial charge in [-0.3, -0.25) is 4.79 Å². The van der Waals surface area contributed by atoms with Crippen LogP contribution in [0.1, 0.15) is 72.1 Å². The van der Waals surface area contributed by atoms with Crippen LogP contribution in [0.15, 0.2) is 11.6 Å². The summed E-state index contributed by atoms with van der Waals surface area (Å²) in [5.41, 5.74) is 1.18. The van der Waals surface area contributed by atoms with E-state index in [1.165, 1.54) is 12.0 Å². The third kappa shape index (κ3) is 2.15. The van der Waals surface area contributed by atoms with Gasteiger partial charge in [0.2, 0.25) is 0 Å². The Morgan fingerprint density at radius 3 is 2.56 bits per heavy atom. The van der Waals surface area contributed by atoms with Crippen molar-refractivity contribution < 1.29 is 14.6 Å². The van der Waals surface area contributed by atoms with Crippen molar-refractivity contribution in [2.45, 2.75) is 83.8 Å². The number of methoxy groups -OCH3 is 1. The number of ketones is 1. The summed E-state index contributed by atoms with van der Waals surface area (Å²) in [7, 11) is 1.74. The zero-order chi connectivity index (χ0) is 18.0. The van der Waals surface area contributed by atoms with Crippen LogP contribution in [0.2, 0.25) is 0 Å². The lowest BCUT2D eigenvalue weighted by molar-refractivity contribution is -0.167. The number of carbonyl (C=O) groups is 1. The number of Topliss-reactive ketones (excluding diaryl/α,β-unsaturated/α-hetero) is 1. The van der Waals surface area contributed by atoms with E-state index in [9.17, 15) is 9.90 Å². The molecule has 0 spiro atoms. The number of rotatable bonds is 2. The fourth-order valence-electron chi connectivity index (χ4n) is 7.70. The van der Waals surface area contributed by atoms with Crippen molar-refractivity contribution in [1.82, 2.24) is 0 Å². The second-order valence-corrected chi connectivity index (χ2v) is 9.74. The van der Waals surface area contributed by atoms with E-state index < -0.39 is 5.60 Å². The molecule has 0 amide bonds. The number of hydrogen-bond donors (Lipinski definition) is 1. The van der Waals surface area contributed by atoms with Crippen molar-refractivity contribution in [3.8, 4) is 0 Å². The highest BCUT2D eigenvalue weighted by atomic mass is 16.5. The number of fused-ring (bicyclic) bond motifs is 5. The summed E-state index contributed by atoms with van der Waals surface area (Å²) in [5, 5.41) is 10.1. The summed E-state index contributed by atoms with van der Waals surface area (Å²) in [6.07, 6.45) is 10.7. The molecule has 0 aromatic rings. The number of aliphatic hydroxyl groups excluding tert-OH is 1. The van der Waals surface area contributed by atoms with Gasteiger partial charge < -0.3 is 9.84 Å². The highest BCUT2D eigenvalue weighted by Gasteiger charge is 2.66. The molecule has 0 heterocycles. The molecular weight excluding hydrogens is 312 g/mol.